The Balaban J connectivity index is 1.13. The van der Waals surface area contributed by atoms with Gasteiger partial charge < -0.3 is 14.7 Å². The van der Waals surface area contributed by atoms with Crippen molar-refractivity contribution in [3.05, 3.63) is 65.7 Å². The van der Waals surface area contributed by atoms with Crippen LogP contribution in [0.4, 0.5) is 19.3 Å². The first-order valence-corrected chi connectivity index (χ1v) is 13.1. The van der Waals surface area contributed by atoms with E-state index >= 15 is 0 Å². The number of nitrogens with one attached hydrogen (secondary N) is 2. The van der Waals surface area contributed by atoms with Crippen LogP contribution in [0, 0.1) is 17.6 Å². The SMILES string of the molecule is O=C(CN1C(=O)N2NC(c3cccc(F)c3)NC2C2CCCCC21)N1CCN(c2ccc(F)cc2)CC1. The van der Waals surface area contributed by atoms with Gasteiger partial charge in [-0.3, -0.25) is 10.1 Å². The Labute approximate surface area is 215 Å². The van der Waals surface area contributed by atoms with Crippen LogP contribution in [-0.4, -0.2) is 71.7 Å². The average Bonchev–Trinajstić information content (AvgIpc) is 3.38. The fourth-order valence-corrected chi connectivity index (χ4v) is 6.32. The van der Waals surface area contributed by atoms with Gasteiger partial charge in [-0.05, 0) is 54.8 Å². The topological polar surface area (TPSA) is 71.2 Å². The number of fused-ring (bicyclic) bond motifs is 3. The van der Waals surface area contributed by atoms with Gasteiger partial charge in [0.2, 0.25) is 5.91 Å². The maximum Gasteiger partial charge on any atom is 0.336 e. The number of carbonyl (C=O) groups is 2. The molecule has 0 aromatic heterocycles. The Morgan fingerprint density at radius 3 is 2.46 bits per heavy atom. The molecular formula is C27H32F2N6O2. The number of amides is 3. The number of hydrogen-bond donors (Lipinski definition) is 2. The predicted octanol–water partition coefficient (Wildman–Crippen LogP) is 3.04. The van der Waals surface area contributed by atoms with Crippen LogP contribution in [0.1, 0.15) is 37.4 Å². The van der Waals surface area contributed by atoms with Crippen molar-refractivity contribution >= 4 is 17.6 Å². The summed E-state index contributed by atoms with van der Waals surface area (Å²) < 4.78 is 27.1. The van der Waals surface area contributed by atoms with E-state index in [9.17, 15) is 18.4 Å². The van der Waals surface area contributed by atoms with Crippen molar-refractivity contribution in [1.29, 1.82) is 0 Å². The molecule has 8 nitrogen and oxygen atoms in total. The second kappa shape index (κ2) is 9.90. The summed E-state index contributed by atoms with van der Waals surface area (Å²) in [5.41, 5.74) is 4.91. The van der Waals surface area contributed by atoms with Crippen LogP contribution in [0.2, 0.25) is 0 Å². The van der Waals surface area contributed by atoms with E-state index in [1.54, 1.807) is 28.1 Å². The fraction of sp³-hybridized carbons (Fsp3) is 0.481. The molecule has 0 spiro atoms. The van der Waals surface area contributed by atoms with Crippen LogP contribution in [0.15, 0.2) is 48.5 Å². The van der Waals surface area contributed by atoms with Gasteiger partial charge in [-0.25, -0.2) is 24.0 Å². The van der Waals surface area contributed by atoms with E-state index in [1.165, 1.54) is 24.3 Å². The Morgan fingerprint density at radius 1 is 0.946 bits per heavy atom. The fourth-order valence-electron chi connectivity index (χ4n) is 6.32. The lowest BCUT2D eigenvalue weighted by atomic mass is 9.80. The Morgan fingerprint density at radius 2 is 1.70 bits per heavy atom. The summed E-state index contributed by atoms with van der Waals surface area (Å²) in [6.07, 6.45) is 3.38. The van der Waals surface area contributed by atoms with Crippen molar-refractivity contribution in [3.63, 3.8) is 0 Å². The lowest BCUT2D eigenvalue weighted by Gasteiger charge is -2.50. The Hall–Kier alpha value is -3.24. The standard InChI is InChI=1S/C27H32F2N6O2/c28-19-8-10-21(11-9-19)32-12-14-33(15-13-32)24(36)17-34-23-7-2-1-6-22(23)26-30-25(31-35(26)27(34)37)18-4-3-5-20(29)16-18/h3-5,8-11,16,22-23,25-26,30-31H,1-2,6-7,12-15,17H2. The third kappa shape index (κ3) is 4.64. The molecule has 196 valence electrons. The molecule has 4 aliphatic rings. The lowest BCUT2D eigenvalue weighted by Crippen LogP contribution is -2.67. The van der Waals surface area contributed by atoms with E-state index in [1.807, 2.05) is 11.0 Å². The minimum Gasteiger partial charge on any atom is -0.368 e. The maximum atomic E-state index is 13.9. The molecule has 1 aliphatic carbocycles. The number of carbonyl (C=O) groups excluding carboxylic acids is 2. The summed E-state index contributed by atoms with van der Waals surface area (Å²) in [7, 11) is 0. The van der Waals surface area contributed by atoms with Crippen LogP contribution in [0.5, 0.6) is 0 Å². The Bertz CT molecular complexity index is 1160. The first-order chi connectivity index (χ1) is 18.0. The highest BCUT2D eigenvalue weighted by atomic mass is 19.1. The quantitative estimate of drug-likeness (QED) is 0.662. The van der Waals surface area contributed by atoms with E-state index in [-0.39, 0.29) is 54.4 Å². The molecule has 4 unspecified atom stereocenters. The van der Waals surface area contributed by atoms with Gasteiger partial charge in [0.25, 0.3) is 0 Å². The second-order valence-electron chi connectivity index (χ2n) is 10.4. The number of urea groups is 1. The molecule has 4 fully saturated rings. The second-order valence-corrected chi connectivity index (χ2v) is 10.4. The summed E-state index contributed by atoms with van der Waals surface area (Å²) >= 11 is 0. The number of hydrogen-bond acceptors (Lipinski definition) is 5. The third-order valence-electron chi connectivity index (χ3n) is 8.23. The maximum absolute atomic E-state index is 13.9. The Kier molecular flexibility index (Phi) is 6.46. The molecule has 2 aromatic rings. The first-order valence-electron chi connectivity index (χ1n) is 13.1. The van der Waals surface area contributed by atoms with E-state index in [0.29, 0.717) is 26.2 Å². The molecule has 6 rings (SSSR count). The minimum absolute atomic E-state index is 0.00693. The molecule has 0 radical (unpaired) electrons. The molecule has 3 heterocycles. The molecule has 3 saturated heterocycles. The van der Waals surface area contributed by atoms with Crippen molar-refractivity contribution in [2.24, 2.45) is 5.92 Å². The van der Waals surface area contributed by atoms with E-state index in [0.717, 1.165) is 36.9 Å². The van der Waals surface area contributed by atoms with Gasteiger partial charge in [0.1, 0.15) is 30.5 Å². The largest absolute Gasteiger partial charge is 0.368 e. The first kappa shape index (κ1) is 24.1. The van der Waals surface area contributed by atoms with E-state index in [4.69, 9.17) is 0 Å². The zero-order chi connectivity index (χ0) is 25.5. The van der Waals surface area contributed by atoms with Gasteiger partial charge >= 0.3 is 6.03 Å². The highest BCUT2D eigenvalue weighted by molar-refractivity contribution is 5.85. The number of benzene rings is 2. The van der Waals surface area contributed by atoms with Crippen LogP contribution >= 0.6 is 0 Å². The van der Waals surface area contributed by atoms with E-state index < -0.39 is 0 Å². The van der Waals surface area contributed by atoms with Crippen molar-refractivity contribution in [2.75, 3.05) is 37.6 Å². The van der Waals surface area contributed by atoms with Gasteiger partial charge in [-0.1, -0.05) is 25.0 Å². The summed E-state index contributed by atoms with van der Waals surface area (Å²) in [5.74, 6) is -0.457. The smallest absolute Gasteiger partial charge is 0.336 e. The molecule has 3 amide bonds. The number of nitrogens with zero attached hydrogens (tertiary/aromatic N) is 4. The minimum atomic E-state index is -0.373. The molecule has 10 heteroatoms. The number of rotatable bonds is 4. The monoisotopic (exact) mass is 510 g/mol. The summed E-state index contributed by atoms with van der Waals surface area (Å²) in [4.78, 5) is 32.7. The third-order valence-corrected chi connectivity index (χ3v) is 8.23. The number of piperazine rings is 1. The van der Waals surface area contributed by atoms with Crippen molar-refractivity contribution in [2.45, 2.75) is 44.1 Å². The van der Waals surface area contributed by atoms with Crippen LogP contribution < -0.4 is 15.6 Å². The molecule has 0 bridgehead atoms. The summed E-state index contributed by atoms with van der Waals surface area (Å²) in [6, 6.07) is 12.6. The number of hydrazine groups is 1. The molecule has 4 atom stereocenters. The van der Waals surface area contributed by atoms with Gasteiger partial charge in [0.05, 0.1) is 0 Å². The zero-order valence-corrected chi connectivity index (χ0v) is 20.7. The summed E-state index contributed by atoms with van der Waals surface area (Å²) in [6.45, 7) is 2.48. The van der Waals surface area contributed by atoms with Crippen LogP contribution in [-0.2, 0) is 4.79 Å². The van der Waals surface area contributed by atoms with E-state index in [2.05, 4.69) is 15.6 Å². The normalized spacial score (nSPS) is 27.8. The average molecular weight is 511 g/mol. The highest BCUT2D eigenvalue weighted by Gasteiger charge is 2.52. The van der Waals surface area contributed by atoms with Gasteiger partial charge in [-0.2, -0.15) is 0 Å². The van der Waals surface area contributed by atoms with Gasteiger partial charge in [0.15, 0.2) is 0 Å². The predicted molar refractivity (Wildman–Crippen MR) is 134 cm³/mol. The molecule has 37 heavy (non-hydrogen) atoms. The molecule has 3 aliphatic heterocycles. The molecule has 2 N–H and O–H groups in total. The van der Waals surface area contributed by atoms with Crippen LogP contribution in [0.25, 0.3) is 0 Å². The van der Waals surface area contributed by atoms with Gasteiger partial charge in [-0.15, -0.1) is 0 Å². The number of anilines is 1. The summed E-state index contributed by atoms with van der Waals surface area (Å²) in [5, 5.41) is 5.12. The van der Waals surface area contributed by atoms with Crippen molar-refractivity contribution in [1.82, 2.24) is 25.6 Å². The number of halogens is 2. The highest BCUT2D eigenvalue weighted by Crippen LogP contribution is 2.39. The van der Waals surface area contributed by atoms with Gasteiger partial charge in [0, 0.05) is 43.8 Å². The zero-order valence-electron chi connectivity index (χ0n) is 20.7. The van der Waals surface area contributed by atoms with Crippen molar-refractivity contribution in [3.8, 4) is 0 Å². The van der Waals surface area contributed by atoms with Crippen LogP contribution in [0.3, 0.4) is 0 Å². The molecular weight excluding hydrogens is 478 g/mol. The lowest BCUT2D eigenvalue weighted by molar-refractivity contribution is -0.134. The van der Waals surface area contributed by atoms with Crippen molar-refractivity contribution < 1.29 is 18.4 Å². The molecule has 2 aromatic carbocycles. The molecule has 1 saturated carbocycles.